The molecule has 1 amide bonds. The zero-order chi connectivity index (χ0) is 21.7. The van der Waals surface area contributed by atoms with Gasteiger partial charge in [-0.2, -0.15) is 0 Å². The second kappa shape index (κ2) is 9.94. The number of hydrogen-bond donors (Lipinski definition) is 1. The van der Waals surface area contributed by atoms with Gasteiger partial charge in [-0.05, 0) is 56.9 Å². The lowest BCUT2D eigenvalue weighted by Gasteiger charge is -2.13. The van der Waals surface area contributed by atoms with E-state index in [0.717, 1.165) is 46.1 Å². The molecule has 5 nitrogen and oxygen atoms in total. The third-order valence-electron chi connectivity index (χ3n) is 4.99. The fraction of sp³-hybridized carbons (Fsp3) is 0.375. The van der Waals surface area contributed by atoms with Crippen LogP contribution in [0.1, 0.15) is 42.9 Å². The van der Waals surface area contributed by atoms with Crippen molar-refractivity contribution < 1.29 is 4.79 Å². The van der Waals surface area contributed by atoms with Gasteiger partial charge in [-0.1, -0.05) is 48.5 Å². The van der Waals surface area contributed by atoms with Crippen LogP contribution in [-0.2, 0) is 11.3 Å². The number of aromatic nitrogens is 2. The highest BCUT2D eigenvalue weighted by molar-refractivity contribution is 7.99. The molecule has 30 heavy (non-hydrogen) atoms. The second-order valence-electron chi connectivity index (χ2n) is 7.64. The maximum absolute atomic E-state index is 12.8. The minimum atomic E-state index is 0.00742. The second-order valence-corrected chi connectivity index (χ2v) is 8.70. The average Bonchev–Trinajstić information content (AvgIpc) is 2.70. The molecule has 0 saturated carbocycles. The number of fused-ring (bicyclic) bond motifs is 1. The fourth-order valence-corrected chi connectivity index (χ4v) is 4.62. The largest absolute Gasteiger partial charge is 0.326 e. The molecule has 0 bridgehead atoms. The molecular formula is C24H29N3O2S. The number of benzene rings is 2. The standard InChI is InChI=1S/C24H29N3O2S/c1-5-12-27-23(29)19-9-6-7-10-20(19)25-24(27)30-13-8-11-21(28)26-22-17(3)14-16(2)15-18(22)4/h6-7,9-10,14-15H,5,8,11-13H2,1-4H3,(H,26,28). The van der Waals surface area contributed by atoms with Crippen LogP contribution in [0, 0.1) is 20.8 Å². The van der Waals surface area contributed by atoms with Crippen LogP contribution >= 0.6 is 11.8 Å². The van der Waals surface area contributed by atoms with Crippen molar-refractivity contribution in [2.45, 2.75) is 58.7 Å². The molecule has 3 rings (SSSR count). The van der Waals surface area contributed by atoms with Gasteiger partial charge in [-0.3, -0.25) is 14.2 Å². The number of amides is 1. The first-order valence-electron chi connectivity index (χ1n) is 10.4. The Kier molecular flexibility index (Phi) is 7.32. The zero-order valence-electron chi connectivity index (χ0n) is 18.1. The molecule has 0 atom stereocenters. The summed E-state index contributed by atoms with van der Waals surface area (Å²) in [5.41, 5.74) is 5.00. The molecule has 0 radical (unpaired) electrons. The average molecular weight is 424 g/mol. The van der Waals surface area contributed by atoms with Gasteiger partial charge in [-0.15, -0.1) is 0 Å². The van der Waals surface area contributed by atoms with Gasteiger partial charge < -0.3 is 5.32 Å². The van der Waals surface area contributed by atoms with Gasteiger partial charge in [0.05, 0.1) is 10.9 Å². The summed E-state index contributed by atoms with van der Waals surface area (Å²) >= 11 is 1.54. The first kappa shape index (κ1) is 22.1. The summed E-state index contributed by atoms with van der Waals surface area (Å²) < 4.78 is 1.76. The van der Waals surface area contributed by atoms with Crippen molar-refractivity contribution in [1.82, 2.24) is 9.55 Å². The highest BCUT2D eigenvalue weighted by atomic mass is 32.2. The number of rotatable bonds is 8. The van der Waals surface area contributed by atoms with Crippen LogP contribution in [-0.4, -0.2) is 21.2 Å². The third-order valence-corrected chi connectivity index (χ3v) is 6.06. The number of para-hydroxylation sites is 1. The van der Waals surface area contributed by atoms with Crippen LogP contribution in [0.25, 0.3) is 10.9 Å². The van der Waals surface area contributed by atoms with Crippen LogP contribution in [0.4, 0.5) is 5.69 Å². The van der Waals surface area contributed by atoms with Gasteiger partial charge >= 0.3 is 0 Å². The van der Waals surface area contributed by atoms with Gasteiger partial charge in [0.15, 0.2) is 5.16 Å². The van der Waals surface area contributed by atoms with E-state index in [1.54, 1.807) is 16.3 Å². The molecule has 0 spiro atoms. The van der Waals surface area contributed by atoms with Crippen LogP contribution in [0.3, 0.4) is 0 Å². The SMILES string of the molecule is CCCn1c(SCCCC(=O)Nc2c(C)cc(C)cc2C)nc2ccccc2c1=O. The zero-order valence-corrected chi connectivity index (χ0v) is 18.9. The minimum Gasteiger partial charge on any atom is -0.326 e. The smallest absolute Gasteiger partial charge is 0.262 e. The number of carbonyl (C=O) groups excluding carboxylic acids is 1. The van der Waals surface area contributed by atoms with Gasteiger partial charge in [0.1, 0.15) is 0 Å². The van der Waals surface area contributed by atoms with Gasteiger partial charge in [-0.25, -0.2) is 4.98 Å². The molecule has 0 aliphatic carbocycles. The van der Waals surface area contributed by atoms with Gasteiger partial charge in [0.2, 0.25) is 5.91 Å². The number of nitrogens with one attached hydrogen (secondary N) is 1. The Bertz CT molecular complexity index is 1100. The van der Waals surface area contributed by atoms with Crippen molar-refractivity contribution in [2.75, 3.05) is 11.1 Å². The molecule has 158 valence electrons. The number of hydrogen-bond acceptors (Lipinski definition) is 4. The third kappa shape index (κ3) is 5.11. The van der Waals surface area contributed by atoms with Crippen molar-refractivity contribution in [3.05, 3.63) is 63.4 Å². The topological polar surface area (TPSA) is 64.0 Å². The predicted molar refractivity (Wildman–Crippen MR) is 126 cm³/mol. The van der Waals surface area contributed by atoms with Crippen LogP contribution < -0.4 is 10.9 Å². The molecule has 0 aliphatic rings. The molecule has 1 heterocycles. The lowest BCUT2D eigenvalue weighted by atomic mass is 10.0. The van der Waals surface area contributed by atoms with Crippen molar-refractivity contribution in [3.63, 3.8) is 0 Å². The molecule has 0 aliphatic heterocycles. The van der Waals surface area contributed by atoms with E-state index in [1.807, 2.05) is 38.1 Å². The van der Waals surface area contributed by atoms with E-state index in [-0.39, 0.29) is 11.5 Å². The fourth-order valence-electron chi connectivity index (χ4n) is 3.65. The number of anilines is 1. The summed E-state index contributed by atoms with van der Waals surface area (Å²) in [6, 6.07) is 11.6. The van der Waals surface area contributed by atoms with Crippen molar-refractivity contribution in [2.24, 2.45) is 0 Å². The summed E-state index contributed by atoms with van der Waals surface area (Å²) in [6.45, 7) is 8.79. The van der Waals surface area contributed by atoms with Crippen LogP contribution in [0.2, 0.25) is 0 Å². The molecule has 6 heteroatoms. The molecule has 1 N–H and O–H groups in total. The molecule has 0 fully saturated rings. The molecule has 0 unspecified atom stereocenters. The number of nitrogens with zero attached hydrogens (tertiary/aromatic N) is 2. The van der Waals surface area contributed by atoms with E-state index in [4.69, 9.17) is 4.98 Å². The summed E-state index contributed by atoms with van der Waals surface area (Å²) in [4.78, 5) is 29.9. The Hall–Kier alpha value is -2.60. The van der Waals surface area contributed by atoms with Crippen molar-refractivity contribution >= 4 is 34.3 Å². The Morgan fingerprint density at radius 2 is 1.83 bits per heavy atom. The van der Waals surface area contributed by atoms with E-state index in [9.17, 15) is 9.59 Å². The number of aryl methyl sites for hydroxylation is 3. The Morgan fingerprint density at radius 3 is 2.53 bits per heavy atom. The summed E-state index contributed by atoms with van der Waals surface area (Å²) in [7, 11) is 0. The quantitative estimate of drug-likeness (QED) is 0.306. The van der Waals surface area contributed by atoms with E-state index in [1.165, 1.54) is 5.56 Å². The molecular weight excluding hydrogens is 394 g/mol. The molecule has 3 aromatic rings. The van der Waals surface area contributed by atoms with Gasteiger partial charge in [0, 0.05) is 24.4 Å². The highest BCUT2D eigenvalue weighted by Gasteiger charge is 2.12. The maximum Gasteiger partial charge on any atom is 0.262 e. The van der Waals surface area contributed by atoms with Crippen LogP contribution in [0.5, 0.6) is 0 Å². The van der Waals surface area contributed by atoms with Gasteiger partial charge in [0.25, 0.3) is 5.56 Å². The lowest BCUT2D eigenvalue weighted by molar-refractivity contribution is -0.116. The molecule has 2 aromatic carbocycles. The summed E-state index contributed by atoms with van der Waals surface area (Å²) in [6.07, 6.45) is 2.02. The maximum atomic E-state index is 12.8. The van der Waals surface area contributed by atoms with E-state index in [2.05, 4.69) is 31.3 Å². The molecule has 0 saturated heterocycles. The van der Waals surface area contributed by atoms with E-state index < -0.39 is 0 Å². The first-order valence-corrected chi connectivity index (χ1v) is 11.4. The first-order chi connectivity index (χ1) is 14.4. The normalized spacial score (nSPS) is 11.1. The monoisotopic (exact) mass is 423 g/mol. The summed E-state index contributed by atoms with van der Waals surface area (Å²) in [5.74, 6) is 0.747. The lowest BCUT2D eigenvalue weighted by Crippen LogP contribution is -2.23. The van der Waals surface area contributed by atoms with Crippen molar-refractivity contribution in [1.29, 1.82) is 0 Å². The van der Waals surface area contributed by atoms with E-state index >= 15 is 0 Å². The highest BCUT2D eigenvalue weighted by Crippen LogP contribution is 2.23. The minimum absolute atomic E-state index is 0.00742. The molecule has 1 aromatic heterocycles. The summed E-state index contributed by atoms with van der Waals surface area (Å²) in [5, 5.41) is 4.43. The Morgan fingerprint density at radius 1 is 1.13 bits per heavy atom. The van der Waals surface area contributed by atoms with E-state index in [0.29, 0.717) is 18.4 Å². The number of thioether (sulfide) groups is 1. The predicted octanol–water partition coefficient (Wildman–Crippen LogP) is 5.24. The Balaban J connectivity index is 1.63. The van der Waals surface area contributed by atoms with Crippen molar-refractivity contribution in [3.8, 4) is 0 Å². The van der Waals surface area contributed by atoms with Crippen LogP contribution in [0.15, 0.2) is 46.3 Å². The Labute approximate surface area is 181 Å². The number of carbonyl (C=O) groups is 1.